The minimum Gasteiger partial charge on any atom is -0.352 e. The van der Waals surface area contributed by atoms with Crippen molar-refractivity contribution in [3.05, 3.63) is 104 Å². The first kappa shape index (κ1) is 27.3. The molecule has 1 atom stereocenters. The molecule has 35 heavy (non-hydrogen) atoms. The molecule has 0 saturated carbocycles. The van der Waals surface area contributed by atoms with Crippen LogP contribution in [-0.2, 0) is 29.0 Å². The van der Waals surface area contributed by atoms with Crippen LogP contribution < -0.4 is 5.32 Å². The highest BCUT2D eigenvalue weighted by atomic mass is 35.5. The zero-order valence-electron chi connectivity index (χ0n) is 19.4. The zero-order chi connectivity index (χ0) is 25.5. The molecule has 0 spiro atoms. The molecular formula is C27H26Cl4N2O2. The Morgan fingerprint density at radius 3 is 2.06 bits per heavy atom. The molecule has 4 nitrogen and oxygen atoms in total. The minimum absolute atomic E-state index is 0.0555. The van der Waals surface area contributed by atoms with Crippen molar-refractivity contribution in [2.24, 2.45) is 0 Å². The van der Waals surface area contributed by atoms with Crippen LogP contribution in [-0.4, -0.2) is 28.8 Å². The van der Waals surface area contributed by atoms with Crippen LogP contribution in [0.4, 0.5) is 0 Å². The average Bonchev–Trinajstić information content (AvgIpc) is 2.81. The Morgan fingerprint density at radius 1 is 0.800 bits per heavy atom. The normalized spacial score (nSPS) is 11.9. The van der Waals surface area contributed by atoms with Gasteiger partial charge in [-0.15, -0.1) is 0 Å². The third-order valence-electron chi connectivity index (χ3n) is 5.43. The van der Waals surface area contributed by atoms with Crippen LogP contribution in [0, 0.1) is 0 Å². The van der Waals surface area contributed by atoms with Gasteiger partial charge in [0.1, 0.15) is 6.04 Å². The SMILES string of the molecule is CC(C)NC(=O)[C@@H](Cc1ccccc1)N(Cc1ccc(Cl)c(Cl)c1)C(=O)Cc1c(Cl)cccc1Cl. The Morgan fingerprint density at radius 2 is 1.46 bits per heavy atom. The predicted octanol–water partition coefficient (Wildman–Crippen LogP) is 7.01. The fraction of sp³-hybridized carbons (Fsp3) is 0.259. The van der Waals surface area contributed by atoms with Gasteiger partial charge in [-0.2, -0.15) is 0 Å². The third-order valence-corrected chi connectivity index (χ3v) is 6.88. The summed E-state index contributed by atoms with van der Waals surface area (Å²) in [6.45, 7) is 3.92. The topological polar surface area (TPSA) is 49.4 Å². The van der Waals surface area contributed by atoms with Crippen LogP contribution >= 0.6 is 46.4 Å². The minimum atomic E-state index is -0.775. The van der Waals surface area contributed by atoms with Crippen LogP contribution in [0.5, 0.6) is 0 Å². The van der Waals surface area contributed by atoms with Gasteiger partial charge in [0.05, 0.1) is 16.5 Å². The van der Waals surface area contributed by atoms with Crippen LogP contribution in [0.15, 0.2) is 66.7 Å². The Kier molecular flexibility index (Phi) is 9.88. The van der Waals surface area contributed by atoms with Crippen LogP contribution in [0.3, 0.4) is 0 Å². The van der Waals surface area contributed by atoms with Gasteiger partial charge in [0.25, 0.3) is 0 Å². The molecule has 1 N–H and O–H groups in total. The number of benzene rings is 3. The van der Waals surface area contributed by atoms with Gasteiger partial charge in [0, 0.05) is 29.1 Å². The highest BCUT2D eigenvalue weighted by Gasteiger charge is 2.31. The van der Waals surface area contributed by atoms with E-state index in [1.54, 1.807) is 41.3 Å². The smallest absolute Gasteiger partial charge is 0.243 e. The van der Waals surface area contributed by atoms with Crippen LogP contribution in [0.1, 0.15) is 30.5 Å². The number of hydrogen-bond acceptors (Lipinski definition) is 2. The molecule has 8 heteroatoms. The molecular weight excluding hydrogens is 526 g/mol. The maximum Gasteiger partial charge on any atom is 0.243 e. The summed E-state index contributed by atoms with van der Waals surface area (Å²) in [5, 5.41) is 4.53. The molecule has 3 rings (SSSR count). The van der Waals surface area contributed by atoms with Crippen LogP contribution in [0.2, 0.25) is 20.1 Å². The van der Waals surface area contributed by atoms with Gasteiger partial charge in [-0.25, -0.2) is 0 Å². The molecule has 0 unspecified atom stereocenters. The number of hydrogen-bond donors (Lipinski definition) is 1. The van der Waals surface area contributed by atoms with Gasteiger partial charge in [-0.05, 0) is 54.8 Å². The molecule has 0 aliphatic rings. The second-order valence-corrected chi connectivity index (χ2v) is 10.1. The number of nitrogens with one attached hydrogen (secondary N) is 1. The molecule has 0 heterocycles. The van der Waals surface area contributed by atoms with E-state index in [0.717, 1.165) is 11.1 Å². The fourth-order valence-corrected chi connectivity index (χ4v) is 4.58. The first-order valence-electron chi connectivity index (χ1n) is 11.2. The second kappa shape index (κ2) is 12.6. The summed E-state index contributed by atoms with van der Waals surface area (Å²) in [5.74, 6) is -0.534. The summed E-state index contributed by atoms with van der Waals surface area (Å²) in [7, 11) is 0. The van der Waals surface area contributed by atoms with E-state index in [2.05, 4.69) is 5.32 Å². The molecule has 0 aromatic heterocycles. The molecule has 184 valence electrons. The van der Waals surface area contributed by atoms with Gasteiger partial charge in [0.2, 0.25) is 11.8 Å². The Labute approximate surface area is 226 Å². The maximum absolute atomic E-state index is 13.8. The molecule has 3 aromatic rings. The van der Waals surface area contributed by atoms with Gasteiger partial charge in [0.15, 0.2) is 0 Å². The summed E-state index contributed by atoms with van der Waals surface area (Å²) in [4.78, 5) is 28.7. The van der Waals surface area contributed by atoms with Gasteiger partial charge in [-0.1, -0.05) is 88.9 Å². The first-order chi connectivity index (χ1) is 16.7. The fourth-order valence-electron chi connectivity index (χ4n) is 3.72. The van der Waals surface area contributed by atoms with Crippen molar-refractivity contribution in [1.29, 1.82) is 0 Å². The monoisotopic (exact) mass is 550 g/mol. The summed E-state index contributed by atoms with van der Waals surface area (Å²) < 4.78 is 0. The van der Waals surface area contributed by atoms with Crippen molar-refractivity contribution >= 4 is 58.2 Å². The maximum atomic E-state index is 13.8. The molecule has 2 amide bonds. The molecule has 0 bridgehead atoms. The molecule has 0 fully saturated rings. The van der Waals surface area contributed by atoms with E-state index in [0.29, 0.717) is 32.1 Å². The summed E-state index contributed by atoms with van der Waals surface area (Å²) in [6.07, 6.45) is 0.281. The van der Waals surface area contributed by atoms with Crippen LogP contribution in [0.25, 0.3) is 0 Å². The average molecular weight is 552 g/mol. The number of carbonyl (C=O) groups excluding carboxylic acids is 2. The lowest BCUT2D eigenvalue weighted by Crippen LogP contribution is -2.52. The lowest BCUT2D eigenvalue weighted by atomic mass is 10.0. The van der Waals surface area contributed by atoms with Crippen molar-refractivity contribution < 1.29 is 9.59 Å². The van der Waals surface area contributed by atoms with Gasteiger partial charge >= 0.3 is 0 Å². The number of rotatable bonds is 9. The molecule has 0 saturated heterocycles. The van der Waals surface area contributed by atoms with E-state index in [1.807, 2.05) is 44.2 Å². The van der Waals surface area contributed by atoms with Gasteiger partial charge in [-0.3, -0.25) is 9.59 Å². The predicted molar refractivity (Wildman–Crippen MR) is 144 cm³/mol. The second-order valence-electron chi connectivity index (χ2n) is 8.52. The lowest BCUT2D eigenvalue weighted by Gasteiger charge is -2.32. The number of carbonyl (C=O) groups is 2. The summed E-state index contributed by atoms with van der Waals surface area (Å²) >= 11 is 25.0. The summed E-state index contributed by atoms with van der Waals surface area (Å²) in [6, 6.07) is 19.0. The molecule has 0 aliphatic heterocycles. The van der Waals surface area contributed by atoms with E-state index in [1.165, 1.54) is 0 Å². The first-order valence-corrected chi connectivity index (χ1v) is 12.7. The Balaban J connectivity index is 2.03. The molecule has 0 radical (unpaired) electrons. The molecule has 3 aromatic carbocycles. The molecule has 0 aliphatic carbocycles. The highest BCUT2D eigenvalue weighted by Crippen LogP contribution is 2.28. The Bertz CT molecular complexity index is 1160. The number of amides is 2. The lowest BCUT2D eigenvalue weighted by molar-refractivity contribution is -0.141. The van der Waals surface area contributed by atoms with Gasteiger partial charge < -0.3 is 10.2 Å². The quantitative estimate of drug-likeness (QED) is 0.311. The summed E-state index contributed by atoms with van der Waals surface area (Å²) in [5.41, 5.74) is 2.19. The largest absolute Gasteiger partial charge is 0.352 e. The van der Waals surface area contributed by atoms with Crippen molar-refractivity contribution in [2.45, 2.75) is 45.3 Å². The Hall–Kier alpha value is -2.24. The number of halogens is 4. The van der Waals surface area contributed by atoms with Crippen molar-refractivity contribution in [2.75, 3.05) is 0 Å². The van der Waals surface area contributed by atoms with Crippen molar-refractivity contribution in [1.82, 2.24) is 10.2 Å². The van der Waals surface area contributed by atoms with E-state index in [-0.39, 0.29) is 30.8 Å². The van der Waals surface area contributed by atoms with E-state index < -0.39 is 6.04 Å². The van der Waals surface area contributed by atoms with E-state index in [4.69, 9.17) is 46.4 Å². The van der Waals surface area contributed by atoms with E-state index >= 15 is 0 Å². The zero-order valence-corrected chi connectivity index (χ0v) is 22.4. The van der Waals surface area contributed by atoms with Crippen molar-refractivity contribution in [3.63, 3.8) is 0 Å². The standard InChI is InChI=1S/C27H26Cl4N2O2/c1-17(2)32-27(35)25(14-18-7-4-3-5-8-18)33(16-19-11-12-23(30)24(31)13-19)26(34)15-20-21(28)9-6-10-22(20)29/h3-13,17,25H,14-16H2,1-2H3,(H,32,35)/t25-/m1/s1. The highest BCUT2D eigenvalue weighted by molar-refractivity contribution is 6.42. The number of nitrogens with zero attached hydrogens (tertiary/aromatic N) is 1. The van der Waals surface area contributed by atoms with E-state index in [9.17, 15) is 9.59 Å². The third kappa shape index (κ3) is 7.62. The van der Waals surface area contributed by atoms with Crippen molar-refractivity contribution in [3.8, 4) is 0 Å².